The minimum Gasteiger partial charge on any atom is -0.394 e. The maximum absolute atomic E-state index is 13.7. The molecule has 3 rings (SSSR count). The third-order valence-electron chi connectivity index (χ3n) is 7.18. The highest BCUT2D eigenvalue weighted by Gasteiger charge is 2.77. The van der Waals surface area contributed by atoms with Gasteiger partial charge in [0, 0.05) is 17.8 Å². The van der Waals surface area contributed by atoms with Crippen LogP contribution >= 0.6 is 11.8 Å². The Bertz CT molecular complexity index is 685. The number of likely N-dealkylation sites (tertiary alicyclic amines) is 1. The summed E-state index contributed by atoms with van der Waals surface area (Å²) in [4.78, 5) is 41.6. The molecule has 29 heavy (non-hydrogen) atoms. The Hall–Kier alpha value is -1.28. The number of rotatable bonds is 8. The largest absolute Gasteiger partial charge is 0.394 e. The summed E-state index contributed by atoms with van der Waals surface area (Å²) in [5, 5.41) is 15.8. The van der Waals surface area contributed by atoms with E-state index in [-0.39, 0.29) is 35.1 Å². The molecule has 7 nitrogen and oxygen atoms in total. The second-order valence-electron chi connectivity index (χ2n) is 9.03. The van der Waals surface area contributed by atoms with Gasteiger partial charge in [0.15, 0.2) is 0 Å². The highest BCUT2D eigenvalue weighted by atomic mass is 32.2. The summed E-state index contributed by atoms with van der Waals surface area (Å²) < 4.78 is -0.956. The maximum Gasteiger partial charge on any atom is 0.244 e. The van der Waals surface area contributed by atoms with E-state index < -0.39 is 28.7 Å². The molecule has 3 amide bonds. The standard InChI is InChI=1S/C21H35N3O4S/c1-6-8-12(3)23-18(27)16-21-10-9-20(4,29-21)14(17(26)22-5)15(21)19(28)24(16)13(7-2)11-25/h12-16,25H,6-11H2,1-5H3,(H,22,26)(H,23,27)/t12?,13-,14+,15-,16?,20-,21?/m0/s1. The normalized spacial score (nSPS) is 37.4. The van der Waals surface area contributed by atoms with Gasteiger partial charge < -0.3 is 20.6 Å². The van der Waals surface area contributed by atoms with Gasteiger partial charge in [-0.05, 0) is 39.5 Å². The number of nitrogens with zero attached hydrogens (tertiary/aromatic N) is 1. The van der Waals surface area contributed by atoms with Crippen LogP contribution in [0.2, 0.25) is 0 Å². The lowest BCUT2D eigenvalue weighted by atomic mass is 9.66. The first kappa shape index (κ1) is 22.4. The van der Waals surface area contributed by atoms with Crippen LogP contribution in [0.25, 0.3) is 0 Å². The smallest absolute Gasteiger partial charge is 0.244 e. The van der Waals surface area contributed by atoms with Crippen LogP contribution in [-0.4, -0.2) is 69.0 Å². The van der Waals surface area contributed by atoms with Crippen LogP contribution in [0.15, 0.2) is 0 Å². The Balaban J connectivity index is 2.05. The average molecular weight is 426 g/mol. The van der Waals surface area contributed by atoms with Crippen molar-refractivity contribution in [2.24, 2.45) is 11.8 Å². The van der Waals surface area contributed by atoms with E-state index in [0.29, 0.717) is 6.42 Å². The minimum atomic E-state index is -0.655. The molecule has 3 N–H and O–H groups in total. The van der Waals surface area contributed by atoms with Gasteiger partial charge >= 0.3 is 0 Å². The summed E-state index contributed by atoms with van der Waals surface area (Å²) in [6, 6.07) is -1.06. The number of aliphatic hydroxyl groups is 1. The predicted molar refractivity (Wildman–Crippen MR) is 113 cm³/mol. The summed E-state index contributed by atoms with van der Waals surface area (Å²) in [7, 11) is 1.60. The van der Waals surface area contributed by atoms with Crippen molar-refractivity contribution < 1.29 is 19.5 Å². The molecule has 7 atom stereocenters. The average Bonchev–Trinajstić information content (AvgIpc) is 3.24. The number of carbonyl (C=O) groups excluding carboxylic acids is 3. The third-order valence-corrected chi connectivity index (χ3v) is 9.16. The van der Waals surface area contributed by atoms with E-state index in [9.17, 15) is 19.5 Å². The highest BCUT2D eigenvalue weighted by molar-refractivity contribution is 8.02. The van der Waals surface area contributed by atoms with Gasteiger partial charge in [0.2, 0.25) is 17.7 Å². The Morgan fingerprint density at radius 1 is 1.31 bits per heavy atom. The van der Waals surface area contributed by atoms with Gasteiger partial charge in [-0.15, -0.1) is 11.8 Å². The van der Waals surface area contributed by atoms with Gasteiger partial charge in [-0.25, -0.2) is 0 Å². The molecule has 3 saturated heterocycles. The summed E-state index contributed by atoms with van der Waals surface area (Å²) in [6.07, 6.45) is 3.92. The molecule has 0 aromatic heterocycles. The third kappa shape index (κ3) is 3.26. The molecule has 2 bridgehead atoms. The molecular formula is C21H35N3O4S. The van der Waals surface area contributed by atoms with Crippen molar-refractivity contribution in [3.8, 4) is 0 Å². The number of hydrogen-bond acceptors (Lipinski definition) is 5. The van der Waals surface area contributed by atoms with Crippen molar-refractivity contribution in [1.29, 1.82) is 0 Å². The zero-order valence-corrected chi connectivity index (χ0v) is 19.0. The molecule has 8 heteroatoms. The number of hydrogen-bond donors (Lipinski definition) is 3. The second-order valence-corrected chi connectivity index (χ2v) is 10.9. The summed E-state index contributed by atoms with van der Waals surface area (Å²) >= 11 is 1.66. The lowest BCUT2D eigenvalue weighted by molar-refractivity contribution is -0.143. The van der Waals surface area contributed by atoms with Crippen molar-refractivity contribution in [2.75, 3.05) is 13.7 Å². The van der Waals surface area contributed by atoms with E-state index in [1.807, 2.05) is 13.8 Å². The Kier molecular flexibility index (Phi) is 6.26. The van der Waals surface area contributed by atoms with Gasteiger partial charge in [0.1, 0.15) is 6.04 Å². The first-order valence-electron chi connectivity index (χ1n) is 10.9. The predicted octanol–water partition coefficient (Wildman–Crippen LogP) is 1.29. The summed E-state index contributed by atoms with van der Waals surface area (Å²) in [6.45, 7) is 7.84. The molecular weight excluding hydrogens is 390 g/mol. The van der Waals surface area contributed by atoms with Gasteiger partial charge in [-0.2, -0.15) is 0 Å². The lowest BCUT2D eigenvalue weighted by Crippen LogP contribution is -2.57. The Morgan fingerprint density at radius 3 is 2.55 bits per heavy atom. The molecule has 0 aromatic rings. The van der Waals surface area contributed by atoms with Crippen LogP contribution < -0.4 is 10.6 Å². The van der Waals surface area contributed by atoms with Crippen LogP contribution in [0.1, 0.15) is 59.8 Å². The van der Waals surface area contributed by atoms with E-state index in [0.717, 1.165) is 25.7 Å². The topological polar surface area (TPSA) is 98.7 Å². The van der Waals surface area contributed by atoms with Gasteiger partial charge in [-0.1, -0.05) is 20.3 Å². The van der Waals surface area contributed by atoms with Crippen LogP contribution in [0.5, 0.6) is 0 Å². The molecule has 0 aliphatic carbocycles. The fourth-order valence-electron chi connectivity index (χ4n) is 5.85. The molecule has 3 heterocycles. The number of amides is 3. The second kappa shape index (κ2) is 8.10. The zero-order valence-electron chi connectivity index (χ0n) is 18.2. The number of nitrogens with one attached hydrogen (secondary N) is 2. The van der Waals surface area contributed by atoms with Crippen molar-refractivity contribution in [3.05, 3.63) is 0 Å². The first-order valence-corrected chi connectivity index (χ1v) is 11.7. The monoisotopic (exact) mass is 425 g/mol. The summed E-state index contributed by atoms with van der Waals surface area (Å²) in [5.41, 5.74) is 0. The molecule has 1 spiro atoms. The number of carbonyl (C=O) groups is 3. The minimum absolute atomic E-state index is 0.0167. The molecule has 164 valence electrons. The fraction of sp³-hybridized carbons (Fsp3) is 0.857. The highest BCUT2D eigenvalue weighted by Crippen LogP contribution is 2.71. The molecule has 0 aromatic carbocycles. The van der Waals surface area contributed by atoms with E-state index in [1.165, 1.54) is 0 Å². The van der Waals surface area contributed by atoms with E-state index in [4.69, 9.17) is 0 Å². The van der Waals surface area contributed by atoms with Crippen LogP contribution in [0.3, 0.4) is 0 Å². The molecule has 3 aliphatic rings. The van der Waals surface area contributed by atoms with E-state index >= 15 is 0 Å². The summed E-state index contributed by atoms with van der Waals surface area (Å²) in [5.74, 6) is -1.41. The van der Waals surface area contributed by atoms with Crippen LogP contribution in [0.4, 0.5) is 0 Å². The van der Waals surface area contributed by atoms with Gasteiger partial charge in [-0.3, -0.25) is 14.4 Å². The zero-order chi connectivity index (χ0) is 21.6. The molecule has 0 radical (unpaired) electrons. The van der Waals surface area contributed by atoms with E-state index in [2.05, 4.69) is 24.5 Å². The Morgan fingerprint density at radius 2 is 2.00 bits per heavy atom. The van der Waals surface area contributed by atoms with Crippen LogP contribution in [-0.2, 0) is 14.4 Å². The van der Waals surface area contributed by atoms with Crippen molar-refractivity contribution in [2.45, 2.75) is 87.4 Å². The maximum atomic E-state index is 13.7. The molecule has 0 saturated carbocycles. The molecule has 3 unspecified atom stereocenters. The fourth-order valence-corrected chi connectivity index (χ4v) is 8.20. The number of aliphatic hydroxyl groups excluding tert-OH is 1. The van der Waals surface area contributed by atoms with Crippen molar-refractivity contribution in [1.82, 2.24) is 15.5 Å². The van der Waals surface area contributed by atoms with Crippen molar-refractivity contribution >= 4 is 29.5 Å². The van der Waals surface area contributed by atoms with Crippen LogP contribution in [0, 0.1) is 11.8 Å². The Labute approximate surface area is 177 Å². The lowest BCUT2D eigenvalue weighted by Gasteiger charge is -2.37. The van der Waals surface area contributed by atoms with E-state index in [1.54, 1.807) is 23.7 Å². The quantitative estimate of drug-likeness (QED) is 0.544. The van der Waals surface area contributed by atoms with Gasteiger partial charge in [0.25, 0.3) is 0 Å². The first-order chi connectivity index (χ1) is 13.7. The van der Waals surface area contributed by atoms with Crippen molar-refractivity contribution in [3.63, 3.8) is 0 Å². The SMILES string of the molecule is CCCC(C)NC(=O)C1N([C@@H](CC)CO)C(=O)[C@@H]2[C@H](C(=O)NC)[C@]3(C)CCC12S3. The number of thioether (sulfide) groups is 1. The number of fused-ring (bicyclic) bond motifs is 1. The molecule has 3 fully saturated rings. The van der Waals surface area contributed by atoms with Gasteiger partial charge in [0.05, 0.1) is 29.2 Å². The molecule has 3 aliphatic heterocycles.